The molecular formula is C10H14N4O. The van der Waals surface area contributed by atoms with E-state index in [2.05, 4.69) is 4.99 Å². The molecule has 1 amide bonds. The molecule has 0 spiro atoms. The van der Waals surface area contributed by atoms with E-state index in [1.165, 1.54) is 0 Å². The first kappa shape index (κ1) is 11.0. The largest absolute Gasteiger partial charge is 0.399 e. The van der Waals surface area contributed by atoms with Crippen LogP contribution in [0.2, 0.25) is 0 Å². The van der Waals surface area contributed by atoms with Gasteiger partial charge >= 0.3 is 0 Å². The van der Waals surface area contributed by atoms with Crippen molar-refractivity contribution in [2.75, 3.05) is 18.0 Å². The molecule has 5 nitrogen and oxygen atoms in total. The van der Waals surface area contributed by atoms with Gasteiger partial charge in [0.15, 0.2) is 0 Å². The first-order chi connectivity index (χ1) is 7.00. The van der Waals surface area contributed by atoms with Gasteiger partial charge in [0, 0.05) is 22.6 Å². The number of aliphatic imine (C=N–C) groups is 1. The van der Waals surface area contributed by atoms with E-state index in [-0.39, 0.29) is 6.54 Å². The van der Waals surface area contributed by atoms with E-state index in [1.54, 1.807) is 25.1 Å². The summed E-state index contributed by atoms with van der Waals surface area (Å²) >= 11 is 0. The summed E-state index contributed by atoms with van der Waals surface area (Å²) in [4.78, 5) is 14.5. The van der Waals surface area contributed by atoms with Crippen LogP contribution in [0, 0.1) is 0 Å². The normalized spacial score (nSPS) is 11.4. The Kier molecular flexibility index (Phi) is 3.28. The minimum atomic E-state index is -0.469. The molecule has 0 saturated heterocycles. The fourth-order valence-electron chi connectivity index (χ4n) is 1.19. The molecular weight excluding hydrogens is 192 g/mol. The van der Waals surface area contributed by atoms with E-state index in [9.17, 15) is 4.79 Å². The highest BCUT2D eigenvalue weighted by molar-refractivity contribution is 6.04. The second-order valence-electron chi connectivity index (χ2n) is 3.21. The summed E-state index contributed by atoms with van der Waals surface area (Å²) in [6, 6.07) is 5.15. The van der Waals surface area contributed by atoms with Crippen LogP contribution >= 0.6 is 0 Å². The Balaban J connectivity index is 2.95. The summed E-state index contributed by atoms with van der Waals surface area (Å²) in [7, 11) is 0. The number of benzene rings is 1. The molecule has 0 aliphatic rings. The van der Waals surface area contributed by atoms with Crippen molar-refractivity contribution in [2.24, 2.45) is 10.7 Å². The standard InChI is InChI=1S/C10H14N4O/c1-6(14-5-10(13)15)8-3-2-7(11)4-9(8)12/h2-4H,5,11-12H2,1H3,(H2,13,15). The Labute approximate surface area is 88.0 Å². The second kappa shape index (κ2) is 4.45. The van der Waals surface area contributed by atoms with Crippen LogP contribution in [-0.2, 0) is 4.79 Å². The van der Waals surface area contributed by atoms with Crippen molar-refractivity contribution in [1.82, 2.24) is 0 Å². The number of carbonyl (C=O) groups is 1. The molecule has 80 valence electrons. The van der Waals surface area contributed by atoms with Gasteiger partial charge in [-0.2, -0.15) is 0 Å². The molecule has 0 saturated carbocycles. The highest BCUT2D eigenvalue weighted by atomic mass is 16.1. The third kappa shape index (κ3) is 2.98. The summed E-state index contributed by atoms with van der Waals surface area (Å²) in [6.45, 7) is 1.74. The van der Waals surface area contributed by atoms with Gasteiger partial charge in [0.05, 0.1) is 0 Å². The number of nitrogens with zero attached hydrogens (tertiary/aromatic N) is 1. The maximum absolute atomic E-state index is 10.5. The molecule has 0 bridgehead atoms. The molecule has 0 radical (unpaired) electrons. The van der Waals surface area contributed by atoms with Crippen molar-refractivity contribution in [3.63, 3.8) is 0 Å². The molecule has 1 aromatic carbocycles. The molecule has 0 fully saturated rings. The van der Waals surface area contributed by atoms with E-state index in [4.69, 9.17) is 17.2 Å². The fraction of sp³-hybridized carbons (Fsp3) is 0.200. The number of rotatable bonds is 3. The van der Waals surface area contributed by atoms with Crippen LogP contribution in [0.25, 0.3) is 0 Å². The van der Waals surface area contributed by atoms with Crippen LogP contribution in [0.15, 0.2) is 23.2 Å². The average Bonchev–Trinajstić information content (AvgIpc) is 2.14. The van der Waals surface area contributed by atoms with Crippen LogP contribution in [0.5, 0.6) is 0 Å². The first-order valence-corrected chi connectivity index (χ1v) is 4.45. The lowest BCUT2D eigenvalue weighted by Gasteiger charge is -2.05. The van der Waals surface area contributed by atoms with E-state index in [0.29, 0.717) is 17.1 Å². The van der Waals surface area contributed by atoms with Gasteiger partial charge in [-0.25, -0.2) is 0 Å². The Morgan fingerprint density at radius 3 is 2.60 bits per heavy atom. The highest BCUT2D eigenvalue weighted by Crippen LogP contribution is 2.16. The van der Waals surface area contributed by atoms with Gasteiger partial charge in [0.1, 0.15) is 6.54 Å². The number of amides is 1. The third-order valence-electron chi connectivity index (χ3n) is 1.94. The lowest BCUT2D eigenvalue weighted by molar-refractivity contribution is -0.116. The smallest absolute Gasteiger partial charge is 0.239 e. The maximum Gasteiger partial charge on any atom is 0.239 e. The average molecular weight is 206 g/mol. The summed E-state index contributed by atoms with van der Waals surface area (Å²) < 4.78 is 0. The number of carbonyl (C=O) groups excluding carboxylic acids is 1. The Bertz CT molecular complexity index is 412. The lowest BCUT2D eigenvalue weighted by atomic mass is 10.1. The van der Waals surface area contributed by atoms with E-state index >= 15 is 0 Å². The van der Waals surface area contributed by atoms with Crippen LogP contribution < -0.4 is 17.2 Å². The molecule has 0 aromatic heterocycles. The van der Waals surface area contributed by atoms with Gasteiger partial charge in [-0.1, -0.05) is 0 Å². The molecule has 5 heteroatoms. The number of nitrogen functional groups attached to an aromatic ring is 2. The zero-order chi connectivity index (χ0) is 11.4. The summed E-state index contributed by atoms with van der Waals surface area (Å²) in [5.74, 6) is -0.469. The number of primary amides is 1. The zero-order valence-corrected chi connectivity index (χ0v) is 8.53. The van der Waals surface area contributed by atoms with E-state index in [0.717, 1.165) is 5.56 Å². The van der Waals surface area contributed by atoms with Crippen molar-refractivity contribution in [1.29, 1.82) is 0 Å². The van der Waals surface area contributed by atoms with Crippen LogP contribution in [-0.4, -0.2) is 18.2 Å². The van der Waals surface area contributed by atoms with Crippen molar-refractivity contribution in [3.8, 4) is 0 Å². The topological polar surface area (TPSA) is 107 Å². The third-order valence-corrected chi connectivity index (χ3v) is 1.94. The molecule has 0 aliphatic heterocycles. The summed E-state index contributed by atoms with van der Waals surface area (Å²) in [5.41, 5.74) is 18.9. The first-order valence-electron chi connectivity index (χ1n) is 4.45. The monoisotopic (exact) mass is 206 g/mol. The molecule has 0 unspecified atom stereocenters. The zero-order valence-electron chi connectivity index (χ0n) is 8.53. The SMILES string of the molecule is CC(=NCC(N)=O)c1ccc(N)cc1N. The molecule has 1 aromatic rings. The second-order valence-corrected chi connectivity index (χ2v) is 3.21. The van der Waals surface area contributed by atoms with Crippen LogP contribution in [0.1, 0.15) is 12.5 Å². The minimum Gasteiger partial charge on any atom is -0.399 e. The number of anilines is 2. The Morgan fingerprint density at radius 1 is 1.40 bits per heavy atom. The van der Waals surface area contributed by atoms with Crippen LogP contribution in [0.4, 0.5) is 11.4 Å². The van der Waals surface area contributed by atoms with E-state index in [1.807, 2.05) is 0 Å². The maximum atomic E-state index is 10.5. The Morgan fingerprint density at radius 2 is 2.07 bits per heavy atom. The quantitative estimate of drug-likeness (QED) is 0.483. The van der Waals surface area contributed by atoms with Crippen LogP contribution in [0.3, 0.4) is 0 Å². The lowest BCUT2D eigenvalue weighted by Crippen LogP contribution is -2.15. The van der Waals surface area contributed by atoms with Crippen molar-refractivity contribution in [2.45, 2.75) is 6.92 Å². The van der Waals surface area contributed by atoms with E-state index < -0.39 is 5.91 Å². The molecule has 15 heavy (non-hydrogen) atoms. The molecule has 0 aliphatic carbocycles. The minimum absolute atomic E-state index is 0.0321. The van der Waals surface area contributed by atoms with Crippen molar-refractivity contribution >= 4 is 23.0 Å². The summed E-state index contributed by atoms with van der Waals surface area (Å²) in [5, 5.41) is 0. The summed E-state index contributed by atoms with van der Waals surface area (Å²) in [6.07, 6.45) is 0. The molecule has 6 N–H and O–H groups in total. The van der Waals surface area contributed by atoms with Crippen molar-refractivity contribution in [3.05, 3.63) is 23.8 Å². The molecule has 0 atom stereocenters. The molecule has 0 heterocycles. The fourth-order valence-corrected chi connectivity index (χ4v) is 1.19. The van der Waals surface area contributed by atoms with Gasteiger partial charge < -0.3 is 17.2 Å². The number of hydrogen-bond donors (Lipinski definition) is 3. The van der Waals surface area contributed by atoms with Gasteiger partial charge in [0.25, 0.3) is 0 Å². The van der Waals surface area contributed by atoms with Gasteiger partial charge in [-0.05, 0) is 25.1 Å². The predicted molar refractivity (Wildman–Crippen MR) is 61.5 cm³/mol. The predicted octanol–water partition coefficient (Wildman–Crippen LogP) is 0.145. The highest BCUT2D eigenvalue weighted by Gasteiger charge is 2.03. The van der Waals surface area contributed by atoms with Gasteiger partial charge in [0.2, 0.25) is 5.91 Å². The molecule has 1 rings (SSSR count). The van der Waals surface area contributed by atoms with Gasteiger partial charge in [-0.3, -0.25) is 9.79 Å². The van der Waals surface area contributed by atoms with Gasteiger partial charge in [-0.15, -0.1) is 0 Å². The Hall–Kier alpha value is -2.04. The number of nitrogens with two attached hydrogens (primary N) is 3. The number of hydrogen-bond acceptors (Lipinski definition) is 4. The van der Waals surface area contributed by atoms with Crippen molar-refractivity contribution < 1.29 is 4.79 Å².